The Kier molecular flexibility index (Phi) is 3.17. The Labute approximate surface area is 123 Å². The van der Waals surface area contributed by atoms with Crippen molar-refractivity contribution in [2.75, 3.05) is 5.73 Å². The Morgan fingerprint density at radius 3 is 2.38 bits per heavy atom. The number of benzene rings is 1. The summed E-state index contributed by atoms with van der Waals surface area (Å²) in [7, 11) is 1.91. The van der Waals surface area contributed by atoms with Crippen LogP contribution in [0.1, 0.15) is 11.4 Å². The molecule has 0 aliphatic heterocycles. The van der Waals surface area contributed by atoms with Crippen LogP contribution in [0.5, 0.6) is 0 Å². The number of rotatable bonds is 2. The molecule has 1 aromatic carbocycles. The summed E-state index contributed by atoms with van der Waals surface area (Å²) >= 11 is 0. The van der Waals surface area contributed by atoms with Crippen molar-refractivity contribution in [2.45, 2.75) is 13.8 Å². The lowest BCUT2D eigenvalue weighted by Crippen LogP contribution is -1.99. The van der Waals surface area contributed by atoms with E-state index in [-0.39, 0.29) is 0 Å². The van der Waals surface area contributed by atoms with Crippen LogP contribution in [-0.2, 0) is 7.05 Å². The maximum absolute atomic E-state index is 5.96. The molecule has 3 rings (SSSR count). The molecule has 21 heavy (non-hydrogen) atoms. The molecule has 0 bridgehead atoms. The van der Waals surface area contributed by atoms with Gasteiger partial charge in [0.15, 0.2) is 5.82 Å². The second-order valence-corrected chi connectivity index (χ2v) is 5.04. The number of hydrogen-bond donors (Lipinski definition) is 1. The van der Waals surface area contributed by atoms with Crippen LogP contribution in [0, 0.1) is 13.8 Å². The third-order valence-corrected chi connectivity index (χ3v) is 3.55. The summed E-state index contributed by atoms with van der Waals surface area (Å²) in [4.78, 5) is 9.04. The first-order chi connectivity index (χ1) is 10.1. The van der Waals surface area contributed by atoms with Gasteiger partial charge in [0.05, 0.1) is 17.0 Å². The quantitative estimate of drug-likeness (QED) is 0.783. The fraction of sp³-hybridized carbons (Fsp3) is 0.188. The normalized spacial score (nSPS) is 10.8. The molecular weight excluding hydrogens is 262 g/mol. The molecule has 5 heteroatoms. The zero-order valence-corrected chi connectivity index (χ0v) is 12.3. The number of nitrogens with two attached hydrogens (primary N) is 1. The van der Waals surface area contributed by atoms with Gasteiger partial charge in [0, 0.05) is 24.4 Å². The van der Waals surface area contributed by atoms with Crippen molar-refractivity contribution in [2.24, 2.45) is 7.05 Å². The molecule has 0 spiro atoms. The summed E-state index contributed by atoms with van der Waals surface area (Å²) < 4.78 is 1.83. The Balaban J connectivity index is 2.19. The van der Waals surface area contributed by atoms with E-state index in [1.165, 1.54) is 0 Å². The van der Waals surface area contributed by atoms with Gasteiger partial charge in [-0.15, -0.1) is 0 Å². The van der Waals surface area contributed by atoms with Crippen LogP contribution in [0.3, 0.4) is 0 Å². The van der Waals surface area contributed by atoms with Crippen molar-refractivity contribution in [3.63, 3.8) is 0 Å². The molecule has 5 nitrogen and oxygen atoms in total. The van der Waals surface area contributed by atoms with Gasteiger partial charge in [-0.3, -0.25) is 4.68 Å². The van der Waals surface area contributed by atoms with Gasteiger partial charge in [-0.25, -0.2) is 9.97 Å². The second kappa shape index (κ2) is 5.01. The first kappa shape index (κ1) is 13.3. The van der Waals surface area contributed by atoms with Gasteiger partial charge in [-0.05, 0) is 13.8 Å². The van der Waals surface area contributed by atoms with E-state index in [9.17, 15) is 0 Å². The van der Waals surface area contributed by atoms with Crippen LogP contribution >= 0.6 is 0 Å². The van der Waals surface area contributed by atoms with Gasteiger partial charge in [-0.1, -0.05) is 30.3 Å². The molecule has 2 N–H and O–H groups in total. The van der Waals surface area contributed by atoms with Crippen molar-refractivity contribution < 1.29 is 0 Å². The van der Waals surface area contributed by atoms with E-state index in [1.807, 2.05) is 55.9 Å². The number of anilines is 1. The molecule has 0 aliphatic rings. The lowest BCUT2D eigenvalue weighted by atomic mass is 10.1. The summed E-state index contributed by atoms with van der Waals surface area (Å²) in [6.07, 6.45) is 0. The molecule has 0 radical (unpaired) electrons. The van der Waals surface area contributed by atoms with Crippen molar-refractivity contribution in [3.8, 4) is 22.6 Å². The average molecular weight is 279 g/mol. The average Bonchev–Trinajstić information content (AvgIpc) is 2.72. The van der Waals surface area contributed by atoms with Crippen molar-refractivity contribution in [3.05, 3.63) is 47.8 Å². The molecule has 0 atom stereocenters. The van der Waals surface area contributed by atoms with Crippen LogP contribution in [-0.4, -0.2) is 19.7 Å². The smallest absolute Gasteiger partial charge is 0.165 e. The molecule has 0 aliphatic carbocycles. The molecule has 0 fully saturated rings. The molecule has 106 valence electrons. The van der Waals surface area contributed by atoms with E-state index < -0.39 is 0 Å². The largest absolute Gasteiger partial charge is 0.384 e. The van der Waals surface area contributed by atoms with E-state index in [4.69, 9.17) is 5.73 Å². The highest BCUT2D eigenvalue weighted by Crippen LogP contribution is 2.27. The van der Waals surface area contributed by atoms with E-state index >= 15 is 0 Å². The lowest BCUT2D eigenvalue weighted by Gasteiger charge is -2.06. The maximum atomic E-state index is 5.96. The second-order valence-electron chi connectivity index (χ2n) is 5.04. The number of aryl methyl sites for hydroxylation is 2. The zero-order valence-electron chi connectivity index (χ0n) is 12.3. The van der Waals surface area contributed by atoms with Gasteiger partial charge < -0.3 is 5.73 Å². The Morgan fingerprint density at radius 2 is 1.76 bits per heavy atom. The maximum Gasteiger partial charge on any atom is 0.165 e. The van der Waals surface area contributed by atoms with E-state index in [0.29, 0.717) is 11.6 Å². The van der Waals surface area contributed by atoms with Crippen LogP contribution in [0.2, 0.25) is 0 Å². The highest BCUT2D eigenvalue weighted by Gasteiger charge is 2.16. The molecule has 0 saturated heterocycles. The molecule has 3 aromatic rings. The zero-order chi connectivity index (χ0) is 15.0. The number of aromatic nitrogens is 4. The van der Waals surface area contributed by atoms with Crippen LogP contribution in [0.15, 0.2) is 36.4 Å². The molecule has 0 unspecified atom stereocenters. The summed E-state index contributed by atoms with van der Waals surface area (Å²) in [6.45, 7) is 3.96. The summed E-state index contributed by atoms with van der Waals surface area (Å²) in [5, 5.41) is 4.41. The lowest BCUT2D eigenvalue weighted by molar-refractivity contribution is 0.731. The summed E-state index contributed by atoms with van der Waals surface area (Å²) in [5.74, 6) is 1.08. The summed E-state index contributed by atoms with van der Waals surface area (Å²) in [5.41, 5.74) is 10.7. The molecule has 0 saturated carbocycles. The molecular formula is C16H17N5. The predicted octanol–water partition coefficient (Wildman–Crippen LogP) is 2.74. The summed E-state index contributed by atoms with van der Waals surface area (Å²) in [6, 6.07) is 11.7. The van der Waals surface area contributed by atoms with Crippen molar-refractivity contribution in [1.29, 1.82) is 0 Å². The third-order valence-electron chi connectivity index (χ3n) is 3.55. The number of hydrogen-bond acceptors (Lipinski definition) is 4. The first-order valence-corrected chi connectivity index (χ1v) is 6.77. The van der Waals surface area contributed by atoms with Crippen LogP contribution < -0.4 is 5.73 Å². The van der Waals surface area contributed by atoms with Crippen molar-refractivity contribution in [1.82, 2.24) is 19.7 Å². The molecule has 2 aromatic heterocycles. The van der Waals surface area contributed by atoms with Crippen molar-refractivity contribution >= 4 is 5.82 Å². The highest BCUT2D eigenvalue weighted by molar-refractivity contribution is 5.68. The Morgan fingerprint density at radius 1 is 1.05 bits per heavy atom. The van der Waals surface area contributed by atoms with Gasteiger partial charge in [0.1, 0.15) is 5.82 Å². The van der Waals surface area contributed by atoms with Gasteiger partial charge in [0.25, 0.3) is 0 Å². The van der Waals surface area contributed by atoms with E-state index in [0.717, 1.165) is 28.2 Å². The monoisotopic (exact) mass is 279 g/mol. The minimum Gasteiger partial charge on any atom is -0.384 e. The van der Waals surface area contributed by atoms with Gasteiger partial charge in [-0.2, -0.15) is 5.10 Å². The van der Waals surface area contributed by atoms with Crippen LogP contribution in [0.4, 0.5) is 5.82 Å². The fourth-order valence-electron chi connectivity index (χ4n) is 2.43. The number of nitrogen functional groups attached to an aromatic ring is 1. The molecule has 2 heterocycles. The highest BCUT2D eigenvalue weighted by atomic mass is 15.3. The first-order valence-electron chi connectivity index (χ1n) is 6.77. The Hall–Kier alpha value is -2.69. The predicted molar refractivity (Wildman–Crippen MR) is 83.6 cm³/mol. The topological polar surface area (TPSA) is 69.6 Å². The number of nitrogens with zero attached hydrogens (tertiary/aromatic N) is 4. The minimum atomic E-state index is 0.460. The van der Waals surface area contributed by atoms with Gasteiger partial charge >= 0.3 is 0 Å². The van der Waals surface area contributed by atoms with E-state index in [2.05, 4.69) is 15.1 Å². The third kappa shape index (κ3) is 2.38. The fourth-order valence-corrected chi connectivity index (χ4v) is 2.43. The van der Waals surface area contributed by atoms with Crippen LogP contribution in [0.25, 0.3) is 22.6 Å². The molecule has 0 amide bonds. The van der Waals surface area contributed by atoms with Gasteiger partial charge in [0.2, 0.25) is 0 Å². The Bertz CT molecular complexity index is 790. The standard InChI is InChI=1S/C16H17N5/c1-10-15(11(2)21(3)20-10)16-18-13(9-14(17)19-16)12-7-5-4-6-8-12/h4-9H,1-3H3,(H2,17,18,19). The SMILES string of the molecule is Cc1nn(C)c(C)c1-c1nc(N)cc(-c2ccccc2)n1. The van der Waals surface area contributed by atoms with E-state index in [1.54, 1.807) is 6.07 Å². The minimum absolute atomic E-state index is 0.460.